The molecule has 4 rings (SSSR count). The molecule has 0 saturated carbocycles. The highest BCUT2D eigenvalue weighted by atomic mass is 32.1. The van der Waals surface area contributed by atoms with Crippen molar-refractivity contribution >= 4 is 28.3 Å². The molecule has 0 aliphatic heterocycles. The minimum absolute atomic E-state index is 0.0471. The summed E-state index contributed by atoms with van der Waals surface area (Å²) in [4.78, 5) is 28.2. The first kappa shape index (κ1) is 17.3. The van der Waals surface area contributed by atoms with E-state index in [2.05, 4.69) is 15.0 Å². The van der Waals surface area contributed by atoms with Crippen molar-refractivity contribution in [2.45, 2.75) is 19.5 Å². The van der Waals surface area contributed by atoms with Crippen LogP contribution in [0.25, 0.3) is 11.0 Å². The van der Waals surface area contributed by atoms with Crippen LogP contribution in [0.4, 0.5) is 0 Å². The van der Waals surface area contributed by atoms with Gasteiger partial charge in [0, 0.05) is 29.5 Å². The summed E-state index contributed by atoms with van der Waals surface area (Å²) in [6.07, 6.45) is 5.05. The smallest absolute Gasteiger partial charge is 0.254 e. The fraction of sp³-hybridized carbons (Fsp3) is 0.143. The van der Waals surface area contributed by atoms with E-state index in [-0.39, 0.29) is 11.9 Å². The van der Waals surface area contributed by atoms with Crippen molar-refractivity contribution in [1.82, 2.24) is 19.9 Å². The van der Waals surface area contributed by atoms with Gasteiger partial charge in [-0.3, -0.25) is 14.8 Å². The van der Waals surface area contributed by atoms with E-state index in [1.807, 2.05) is 59.7 Å². The molecule has 1 atom stereocenters. The van der Waals surface area contributed by atoms with E-state index >= 15 is 0 Å². The molecule has 134 valence electrons. The summed E-state index contributed by atoms with van der Waals surface area (Å²) in [7, 11) is 0. The molecule has 27 heavy (non-hydrogen) atoms. The number of carbonyl (C=O) groups excluding carboxylic acids is 1. The van der Waals surface area contributed by atoms with E-state index in [1.54, 1.807) is 36.0 Å². The van der Waals surface area contributed by atoms with Gasteiger partial charge in [0.2, 0.25) is 0 Å². The first-order valence-electron chi connectivity index (χ1n) is 8.67. The summed E-state index contributed by atoms with van der Waals surface area (Å²) in [6.45, 7) is 2.51. The monoisotopic (exact) mass is 374 g/mol. The quantitative estimate of drug-likeness (QED) is 0.516. The lowest BCUT2D eigenvalue weighted by Crippen LogP contribution is -2.33. The van der Waals surface area contributed by atoms with Crippen LogP contribution in [-0.4, -0.2) is 25.8 Å². The molecule has 1 amide bonds. The summed E-state index contributed by atoms with van der Waals surface area (Å²) in [6, 6.07) is 15.4. The molecule has 2 aromatic heterocycles. The Hall–Kier alpha value is -3.12. The largest absolute Gasteiger partial charge is 0.325 e. The Bertz CT molecular complexity index is 1050. The minimum Gasteiger partial charge on any atom is -0.325 e. The number of carbonyl (C=O) groups is 1. The van der Waals surface area contributed by atoms with Gasteiger partial charge in [-0.15, -0.1) is 11.3 Å². The Morgan fingerprint density at radius 1 is 1.00 bits per heavy atom. The number of nitrogens with zero attached hydrogens (tertiary/aromatic N) is 4. The molecular formula is C21H18N4OS. The molecule has 0 saturated heterocycles. The molecular weight excluding hydrogens is 356 g/mol. The van der Waals surface area contributed by atoms with E-state index in [9.17, 15) is 4.79 Å². The number of hydrogen-bond acceptors (Lipinski definition) is 5. The van der Waals surface area contributed by atoms with Crippen molar-refractivity contribution < 1.29 is 4.79 Å². The van der Waals surface area contributed by atoms with E-state index in [0.717, 1.165) is 16.1 Å². The summed E-state index contributed by atoms with van der Waals surface area (Å²) in [5, 5.41) is 2.84. The number of thiazole rings is 1. The lowest BCUT2D eigenvalue weighted by Gasteiger charge is -2.29. The first-order chi connectivity index (χ1) is 13.2. The molecule has 0 bridgehead atoms. The van der Waals surface area contributed by atoms with Crippen LogP contribution >= 0.6 is 11.3 Å². The molecule has 0 spiro atoms. The van der Waals surface area contributed by atoms with E-state index in [0.29, 0.717) is 17.6 Å². The molecule has 0 aliphatic rings. The molecule has 0 N–H and O–H groups in total. The highest BCUT2D eigenvalue weighted by Gasteiger charge is 2.24. The third-order valence-electron chi connectivity index (χ3n) is 4.52. The zero-order chi connectivity index (χ0) is 18.6. The van der Waals surface area contributed by atoms with Gasteiger partial charge >= 0.3 is 0 Å². The summed E-state index contributed by atoms with van der Waals surface area (Å²) in [5.41, 5.74) is 3.17. The van der Waals surface area contributed by atoms with Crippen LogP contribution in [0.5, 0.6) is 0 Å². The second-order valence-electron chi connectivity index (χ2n) is 6.21. The lowest BCUT2D eigenvalue weighted by molar-refractivity contribution is 0.0674. The van der Waals surface area contributed by atoms with Crippen molar-refractivity contribution in [1.29, 1.82) is 0 Å². The summed E-state index contributed by atoms with van der Waals surface area (Å²) >= 11 is 1.55. The second kappa shape index (κ2) is 7.63. The fourth-order valence-electron chi connectivity index (χ4n) is 3.04. The van der Waals surface area contributed by atoms with Gasteiger partial charge in [0.05, 0.1) is 23.6 Å². The van der Waals surface area contributed by atoms with Gasteiger partial charge in [-0.25, -0.2) is 4.98 Å². The Morgan fingerprint density at radius 2 is 1.78 bits per heavy atom. The van der Waals surface area contributed by atoms with Crippen LogP contribution in [-0.2, 0) is 6.54 Å². The molecule has 5 nitrogen and oxygen atoms in total. The highest BCUT2D eigenvalue weighted by Crippen LogP contribution is 2.26. The van der Waals surface area contributed by atoms with Crippen LogP contribution in [0.1, 0.15) is 33.9 Å². The third-order valence-corrected chi connectivity index (χ3v) is 5.28. The predicted molar refractivity (Wildman–Crippen MR) is 106 cm³/mol. The van der Waals surface area contributed by atoms with Crippen LogP contribution in [0.2, 0.25) is 0 Å². The van der Waals surface area contributed by atoms with Gasteiger partial charge in [0.1, 0.15) is 5.01 Å². The standard InChI is InChI=1S/C21H18N4OS/c1-15(16-5-3-2-4-6-16)25(14-20-24-11-12-27-20)21(26)17-7-8-18-19(13-17)23-10-9-22-18/h2-13,15H,14H2,1H3/t15-/m0/s1. The van der Waals surface area contributed by atoms with Gasteiger partial charge in [-0.2, -0.15) is 0 Å². The van der Waals surface area contributed by atoms with Crippen LogP contribution in [0.15, 0.2) is 72.5 Å². The molecule has 2 aromatic carbocycles. The van der Waals surface area contributed by atoms with Crippen LogP contribution in [0.3, 0.4) is 0 Å². The van der Waals surface area contributed by atoms with Crippen LogP contribution in [0, 0.1) is 0 Å². The SMILES string of the molecule is C[C@@H](c1ccccc1)N(Cc1nccs1)C(=O)c1ccc2nccnc2c1. The van der Waals surface area contributed by atoms with Crippen molar-refractivity contribution in [2.75, 3.05) is 0 Å². The molecule has 4 aromatic rings. The van der Waals surface area contributed by atoms with Gasteiger partial charge < -0.3 is 4.90 Å². The van der Waals surface area contributed by atoms with Gasteiger partial charge in [0.25, 0.3) is 5.91 Å². The van der Waals surface area contributed by atoms with Crippen molar-refractivity contribution in [3.05, 3.63) is 88.6 Å². The zero-order valence-corrected chi connectivity index (χ0v) is 15.6. The Balaban J connectivity index is 1.70. The first-order valence-corrected chi connectivity index (χ1v) is 9.55. The van der Waals surface area contributed by atoms with E-state index in [4.69, 9.17) is 0 Å². The number of fused-ring (bicyclic) bond motifs is 1. The molecule has 0 fully saturated rings. The number of aromatic nitrogens is 3. The highest BCUT2D eigenvalue weighted by molar-refractivity contribution is 7.09. The molecule has 2 heterocycles. The van der Waals surface area contributed by atoms with Crippen molar-refractivity contribution in [3.8, 4) is 0 Å². The topological polar surface area (TPSA) is 59.0 Å². The van der Waals surface area contributed by atoms with Crippen LogP contribution < -0.4 is 0 Å². The number of amides is 1. The fourth-order valence-corrected chi connectivity index (χ4v) is 3.65. The summed E-state index contributed by atoms with van der Waals surface area (Å²) < 4.78 is 0. The number of benzene rings is 2. The van der Waals surface area contributed by atoms with Crippen molar-refractivity contribution in [3.63, 3.8) is 0 Å². The molecule has 0 unspecified atom stereocenters. The average molecular weight is 374 g/mol. The Kier molecular flexibility index (Phi) is 4.89. The van der Waals surface area contributed by atoms with Gasteiger partial charge in [0.15, 0.2) is 0 Å². The molecule has 0 aliphatic carbocycles. The summed E-state index contributed by atoms with van der Waals surface area (Å²) in [5.74, 6) is -0.0471. The third kappa shape index (κ3) is 3.71. The van der Waals surface area contributed by atoms with Gasteiger partial charge in [-0.1, -0.05) is 30.3 Å². The second-order valence-corrected chi connectivity index (χ2v) is 7.18. The van der Waals surface area contributed by atoms with E-state index < -0.39 is 0 Å². The molecule has 6 heteroatoms. The zero-order valence-electron chi connectivity index (χ0n) is 14.8. The maximum Gasteiger partial charge on any atom is 0.254 e. The predicted octanol–water partition coefficient (Wildman–Crippen LogP) is 4.49. The van der Waals surface area contributed by atoms with Crippen molar-refractivity contribution in [2.24, 2.45) is 0 Å². The van der Waals surface area contributed by atoms with Gasteiger partial charge in [-0.05, 0) is 30.7 Å². The van der Waals surface area contributed by atoms with E-state index in [1.165, 1.54) is 0 Å². The Labute approximate surface area is 161 Å². The maximum atomic E-state index is 13.4. The normalized spacial score (nSPS) is 12.0. The Morgan fingerprint density at radius 3 is 2.52 bits per heavy atom. The lowest BCUT2D eigenvalue weighted by atomic mass is 10.1. The number of hydrogen-bond donors (Lipinski definition) is 0. The number of rotatable bonds is 5. The molecule has 0 radical (unpaired) electrons. The maximum absolute atomic E-state index is 13.4. The minimum atomic E-state index is -0.0832. The average Bonchev–Trinajstić information content (AvgIpc) is 3.24.